The number of rotatable bonds is 6. The molecule has 1 aliphatic rings. The number of hydrogen-bond acceptors (Lipinski definition) is 5. The highest BCUT2D eigenvalue weighted by molar-refractivity contribution is 5.85. The second-order valence-electron chi connectivity index (χ2n) is 5.44. The number of aryl methyl sites for hydroxylation is 1. The second-order valence-corrected chi connectivity index (χ2v) is 5.44. The minimum absolute atomic E-state index is 0.0729. The fourth-order valence-corrected chi connectivity index (χ4v) is 2.48. The zero-order valence-electron chi connectivity index (χ0n) is 12.7. The van der Waals surface area contributed by atoms with Gasteiger partial charge >= 0.3 is 0 Å². The van der Waals surface area contributed by atoms with Crippen molar-refractivity contribution in [1.82, 2.24) is 0 Å². The lowest BCUT2D eigenvalue weighted by molar-refractivity contribution is -0.908. The minimum atomic E-state index is -0.494. The third-order valence-corrected chi connectivity index (χ3v) is 3.75. The monoisotopic (exact) mass is 307 g/mol. The number of morpholine rings is 1. The van der Waals surface area contributed by atoms with E-state index in [1.54, 1.807) is 6.92 Å². The normalized spacial score (nSPS) is 16.2. The second kappa shape index (κ2) is 7.86. The topological polar surface area (TPSA) is 92.2 Å². The molecule has 0 amide bonds. The summed E-state index contributed by atoms with van der Waals surface area (Å²) in [5, 5.41) is 22.7. The van der Waals surface area contributed by atoms with Crippen LogP contribution in [-0.2, 0) is 4.74 Å². The molecular formula is C15H21N3O4. The summed E-state index contributed by atoms with van der Waals surface area (Å²) < 4.78 is 5.30. The molecule has 0 atom stereocenters. The Balaban J connectivity index is 1.88. The van der Waals surface area contributed by atoms with Gasteiger partial charge in [-0.1, -0.05) is 11.3 Å². The van der Waals surface area contributed by atoms with E-state index in [2.05, 4.69) is 4.99 Å². The zero-order chi connectivity index (χ0) is 15.9. The van der Waals surface area contributed by atoms with Crippen LogP contribution in [-0.4, -0.2) is 50.5 Å². The van der Waals surface area contributed by atoms with Crippen molar-refractivity contribution in [2.24, 2.45) is 4.99 Å². The Hall–Kier alpha value is -1.99. The van der Waals surface area contributed by atoms with Crippen LogP contribution < -0.4 is 10.0 Å². The Bertz CT molecular complexity index is 554. The van der Waals surface area contributed by atoms with E-state index in [9.17, 15) is 15.2 Å². The Morgan fingerprint density at radius 2 is 2.14 bits per heavy atom. The summed E-state index contributed by atoms with van der Waals surface area (Å²) in [6, 6.07) is 2.58. The van der Waals surface area contributed by atoms with E-state index in [1.807, 2.05) is 0 Å². The maximum Gasteiger partial charge on any atom is 0.270 e. The van der Waals surface area contributed by atoms with Crippen molar-refractivity contribution in [2.75, 3.05) is 39.4 Å². The molecule has 7 heteroatoms. The van der Waals surface area contributed by atoms with Crippen LogP contribution in [0.25, 0.3) is 0 Å². The SMILES string of the molecule is Cc1cc([N+](=O)[O-])cc(C=NCCC[NH+]2CCOCC2)c1[O-]. The first-order valence-electron chi connectivity index (χ1n) is 7.45. The number of hydrogen-bond donors (Lipinski definition) is 1. The molecule has 0 bridgehead atoms. The number of quaternary nitrogens is 1. The third-order valence-electron chi connectivity index (χ3n) is 3.75. The number of aliphatic imine (C=N–C) groups is 1. The van der Waals surface area contributed by atoms with Crippen LogP contribution >= 0.6 is 0 Å². The number of nitrogens with one attached hydrogen (secondary N) is 1. The average Bonchev–Trinajstić information content (AvgIpc) is 2.51. The molecule has 7 nitrogen and oxygen atoms in total. The molecule has 1 aliphatic heterocycles. The lowest BCUT2D eigenvalue weighted by Crippen LogP contribution is -3.14. The van der Waals surface area contributed by atoms with Crippen LogP contribution in [0.1, 0.15) is 17.5 Å². The van der Waals surface area contributed by atoms with Gasteiger partial charge in [-0.05, 0) is 12.5 Å². The first-order valence-corrected chi connectivity index (χ1v) is 7.45. The molecule has 1 aromatic carbocycles. The van der Waals surface area contributed by atoms with E-state index in [0.29, 0.717) is 12.1 Å². The predicted molar refractivity (Wildman–Crippen MR) is 80.7 cm³/mol. The molecular weight excluding hydrogens is 286 g/mol. The standard InChI is InChI=1S/C15H21N3O4/c1-12-9-14(18(20)21)10-13(15(12)19)11-16-3-2-4-17-5-7-22-8-6-17/h9-11,19H,2-8H2,1H3. The van der Waals surface area contributed by atoms with Gasteiger partial charge in [0, 0.05) is 31.3 Å². The van der Waals surface area contributed by atoms with Crippen LogP contribution in [0.5, 0.6) is 5.75 Å². The maximum absolute atomic E-state index is 11.9. The van der Waals surface area contributed by atoms with Crippen molar-refractivity contribution in [1.29, 1.82) is 0 Å². The molecule has 2 rings (SSSR count). The fraction of sp³-hybridized carbons (Fsp3) is 0.533. The zero-order valence-corrected chi connectivity index (χ0v) is 12.7. The summed E-state index contributed by atoms with van der Waals surface area (Å²) in [6.45, 7) is 6.89. The first kappa shape index (κ1) is 16.4. The number of ether oxygens (including phenoxy) is 1. The molecule has 1 fully saturated rings. The van der Waals surface area contributed by atoms with Crippen molar-refractivity contribution >= 4 is 11.9 Å². The van der Waals surface area contributed by atoms with Crippen LogP contribution in [0.15, 0.2) is 17.1 Å². The molecule has 1 aromatic rings. The summed E-state index contributed by atoms with van der Waals surface area (Å²) >= 11 is 0. The van der Waals surface area contributed by atoms with Crippen molar-refractivity contribution in [3.8, 4) is 5.75 Å². The Kier molecular flexibility index (Phi) is 5.85. The summed E-state index contributed by atoms with van der Waals surface area (Å²) in [6.07, 6.45) is 2.38. The maximum atomic E-state index is 11.9. The smallest absolute Gasteiger partial charge is 0.270 e. The van der Waals surface area contributed by atoms with Crippen LogP contribution in [0.2, 0.25) is 0 Å². The van der Waals surface area contributed by atoms with E-state index in [0.717, 1.165) is 39.3 Å². The molecule has 0 aliphatic carbocycles. The summed E-state index contributed by atoms with van der Waals surface area (Å²) in [5.41, 5.74) is 0.579. The van der Waals surface area contributed by atoms with Crippen molar-refractivity contribution < 1.29 is 19.7 Å². The van der Waals surface area contributed by atoms with Gasteiger partial charge in [0.1, 0.15) is 13.1 Å². The van der Waals surface area contributed by atoms with Gasteiger partial charge in [-0.2, -0.15) is 0 Å². The molecule has 120 valence electrons. The number of benzene rings is 1. The van der Waals surface area contributed by atoms with Crippen LogP contribution in [0, 0.1) is 17.0 Å². The average molecular weight is 307 g/mol. The molecule has 1 N–H and O–H groups in total. The van der Waals surface area contributed by atoms with Crippen LogP contribution in [0.4, 0.5) is 5.69 Å². The van der Waals surface area contributed by atoms with Gasteiger partial charge in [0.2, 0.25) is 0 Å². The summed E-state index contributed by atoms with van der Waals surface area (Å²) in [7, 11) is 0. The molecule has 22 heavy (non-hydrogen) atoms. The highest BCUT2D eigenvalue weighted by Gasteiger charge is 2.12. The predicted octanol–water partition coefficient (Wildman–Crippen LogP) is -0.299. The Morgan fingerprint density at radius 1 is 1.41 bits per heavy atom. The molecule has 1 saturated heterocycles. The minimum Gasteiger partial charge on any atom is -0.872 e. The summed E-state index contributed by atoms with van der Waals surface area (Å²) in [4.78, 5) is 16.1. The van der Waals surface area contributed by atoms with Gasteiger partial charge in [0.15, 0.2) is 0 Å². The Morgan fingerprint density at radius 3 is 2.82 bits per heavy atom. The highest BCUT2D eigenvalue weighted by atomic mass is 16.6. The van der Waals surface area contributed by atoms with Gasteiger partial charge < -0.3 is 14.7 Å². The van der Waals surface area contributed by atoms with E-state index in [4.69, 9.17) is 4.74 Å². The molecule has 0 unspecified atom stereocenters. The fourth-order valence-electron chi connectivity index (χ4n) is 2.48. The highest BCUT2D eigenvalue weighted by Crippen LogP contribution is 2.24. The molecule has 0 aromatic heterocycles. The first-order chi connectivity index (χ1) is 10.6. The van der Waals surface area contributed by atoms with E-state index in [-0.39, 0.29) is 17.0 Å². The largest absolute Gasteiger partial charge is 0.872 e. The van der Waals surface area contributed by atoms with Gasteiger partial charge in [-0.3, -0.25) is 15.1 Å². The quantitative estimate of drug-likeness (QED) is 0.338. The molecule has 0 saturated carbocycles. The number of nitro groups is 1. The summed E-state index contributed by atoms with van der Waals surface area (Å²) in [5.74, 6) is -0.201. The molecule has 0 radical (unpaired) electrons. The number of nitrogens with zero attached hydrogens (tertiary/aromatic N) is 2. The third kappa shape index (κ3) is 4.51. The van der Waals surface area contributed by atoms with Gasteiger partial charge in [-0.25, -0.2) is 0 Å². The van der Waals surface area contributed by atoms with E-state index < -0.39 is 4.92 Å². The van der Waals surface area contributed by atoms with Crippen LogP contribution in [0.3, 0.4) is 0 Å². The van der Waals surface area contributed by atoms with Crippen molar-refractivity contribution in [3.63, 3.8) is 0 Å². The number of nitro benzene ring substituents is 1. The van der Waals surface area contributed by atoms with Crippen molar-refractivity contribution in [3.05, 3.63) is 33.4 Å². The molecule has 1 heterocycles. The van der Waals surface area contributed by atoms with E-state index in [1.165, 1.54) is 23.2 Å². The van der Waals surface area contributed by atoms with Gasteiger partial charge in [0.05, 0.1) is 24.7 Å². The lowest BCUT2D eigenvalue weighted by atomic mass is 10.1. The lowest BCUT2D eigenvalue weighted by Gasteiger charge is -2.23. The molecule has 0 spiro atoms. The van der Waals surface area contributed by atoms with Gasteiger partial charge in [0.25, 0.3) is 5.69 Å². The van der Waals surface area contributed by atoms with E-state index >= 15 is 0 Å². The van der Waals surface area contributed by atoms with Gasteiger partial charge in [-0.15, -0.1) is 0 Å². The van der Waals surface area contributed by atoms with Crippen molar-refractivity contribution in [2.45, 2.75) is 13.3 Å². The number of non-ortho nitro benzene ring substituents is 1. The Labute approximate surface area is 129 Å².